The van der Waals surface area contributed by atoms with Gasteiger partial charge in [-0.3, -0.25) is 4.57 Å². The number of aliphatic hydroxyl groups is 2. The van der Waals surface area contributed by atoms with Gasteiger partial charge in [-0.2, -0.15) is 0 Å². The Morgan fingerprint density at radius 1 is 1.29 bits per heavy atom. The normalized spacial score (nSPS) is 22.4. The average molecular weight is 382 g/mol. The predicted octanol–water partition coefficient (Wildman–Crippen LogP) is 1.36. The van der Waals surface area contributed by atoms with E-state index >= 15 is 0 Å². The minimum Gasteiger partial charge on any atom is -0.394 e. The number of ether oxygens (including phenoxy) is 1. The molecule has 0 spiro atoms. The quantitative estimate of drug-likeness (QED) is 0.506. The molecule has 0 amide bonds. The number of fused-ring (bicyclic) bond motifs is 1. The number of aromatic nitrogens is 4. The third-order valence-electron chi connectivity index (χ3n) is 4.57. The van der Waals surface area contributed by atoms with Gasteiger partial charge < -0.3 is 19.8 Å². The van der Waals surface area contributed by atoms with E-state index in [-0.39, 0.29) is 6.61 Å². The van der Waals surface area contributed by atoms with Crippen LogP contribution in [-0.2, 0) is 4.74 Å². The fraction of sp³-hybridized carbons (Fsp3) is 0.368. The van der Waals surface area contributed by atoms with Crippen LogP contribution in [0.5, 0.6) is 0 Å². The van der Waals surface area contributed by atoms with Gasteiger partial charge in [0.2, 0.25) is 0 Å². The molecule has 4 rings (SSSR count). The van der Waals surface area contributed by atoms with E-state index in [1.54, 1.807) is 6.34 Å². The molecule has 3 aromatic rings. The molecular weight excluding hydrogens is 360 g/mol. The van der Waals surface area contributed by atoms with Crippen molar-refractivity contribution in [1.82, 2.24) is 24.4 Å². The van der Waals surface area contributed by atoms with Crippen LogP contribution in [0.4, 0.5) is 5.82 Å². The number of imidazole rings is 1. The van der Waals surface area contributed by atoms with Crippen LogP contribution in [0.1, 0.15) is 12.6 Å². The van der Waals surface area contributed by atoms with Crippen molar-refractivity contribution in [2.75, 3.05) is 20.7 Å². The summed E-state index contributed by atoms with van der Waals surface area (Å²) in [5.41, 5.74) is 1.99. The first-order chi connectivity index (χ1) is 13.6. The van der Waals surface area contributed by atoms with E-state index in [0.717, 1.165) is 5.56 Å². The molecule has 0 saturated carbocycles. The summed E-state index contributed by atoms with van der Waals surface area (Å²) in [7, 11) is 3.75. The van der Waals surface area contributed by atoms with Crippen LogP contribution in [0.25, 0.3) is 22.6 Å². The summed E-state index contributed by atoms with van der Waals surface area (Å²) in [6.45, 7) is -0.252. The lowest BCUT2D eigenvalue weighted by Crippen LogP contribution is -2.24. The maximum Gasteiger partial charge on any atom is 0.185 e. The molecule has 146 valence electrons. The van der Waals surface area contributed by atoms with Crippen LogP contribution in [0.2, 0.25) is 0 Å². The highest BCUT2D eigenvalue weighted by molar-refractivity contribution is 5.86. The number of aliphatic imine (C=N–C) groups is 1. The maximum absolute atomic E-state index is 10.2. The molecule has 3 heterocycles. The minimum atomic E-state index is -0.760. The molecule has 0 aliphatic carbocycles. The average Bonchev–Trinajstić information content (AvgIpc) is 3.27. The van der Waals surface area contributed by atoms with Crippen LogP contribution < -0.4 is 0 Å². The van der Waals surface area contributed by atoms with Gasteiger partial charge in [0.25, 0.3) is 0 Å². The molecule has 2 aromatic heterocycles. The number of aliphatic hydroxyl groups excluding tert-OH is 2. The topological polar surface area (TPSA) is 109 Å². The molecule has 1 aliphatic heterocycles. The zero-order valence-corrected chi connectivity index (χ0v) is 15.7. The molecule has 9 heteroatoms. The Bertz CT molecular complexity index is 988. The Morgan fingerprint density at radius 3 is 2.75 bits per heavy atom. The summed E-state index contributed by atoms with van der Waals surface area (Å²) in [5, 5.41) is 19.7. The highest BCUT2D eigenvalue weighted by Gasteiger charge is 2.37. The zero-order valence-electron chi connectivity index (χ0n) is 15.7. The fourth-order valence-electron chi connectivity index (χ4n) is 3.26. The second-order valence-electron chi connectivity index (χ2n) is 6.86. The molecule has 9 nitrogen and oxygen atoms in total. The van der Waals surface area contributed by atoms with Gasteiger partial charge in [0, 0.05) is 26.1 Å². The van der Waals surface area contributed by atoms with Gasteiger partial charge in [-0.15, -0.1) is 0 Å². The largest absolute Gasteiger partial charge is 0.394 e. The summed E-state index contributed by atoms with van der Waals surface area (Å²) in [6.07, 6.45) is 1.51. The highest BCUT2D eigenvalue weighted by atomic mass is 16.5. The molecule has 28 heavy (non-hydrogen) atoms. The van der Waals surface area contributed by atoms with E-state index in [4.69, 9.17) is 9.72 Å². The fourth-order valence-corrected chi connectivity index (χ4v) is 3.26. The van der Waals surface area contributed by atoms with E-state index in [1.807, 2.05) is 53.9 Å². The van der Waals surface area contributed by atoms with Crippen molar-refractivity contribution in [1.29, 1.82) is 0 Å². The molecule has 0 bridgehead atoms. The summed E-state index contributed by atoms with van der Waals surface area (Å²) >= 11 is 0. The lowest BCUT2D eigenvalue weighted by atomic mass is 10.2. The van der Waals surface area contributed by atoms with E-state index < -0.39 is 18.4 Å². The van der Waals surface area contributed by atoms with Crippen molar-refractivity contribution in [2.45, 2.75) is 24.9 Å². The number of hydrogen-bond acceptors (Lipinski definition) is 7. The number of benzene rings is 1. The number of hydrogen-bond donors (Lipinski definition) is 2. The SMILES string of the molecule is CN(C)C=Nc1ncnc2c1nc(-c1ccccc1)n2[C@H]1C[C@H](O)[C@@H](CO)O1. The van der Waals surface area contributed by atoms with Crippen LogP contribution in [0, 0.1) is 0 Å². The van der Waals surface area contributed by atoms with Crippen molar-refractivity contribution in [3.05, 3.63) is 36.7 Å². The maximum atomic E-state index is 10.2. The Labute approximate surface area is 162 Å². The highest BCUT2D eigenvalue weighted by Crippen LogP contribution is 2.36. The minimum absolute atomic E-state index is 0.252. The van der Waals surface area contributed by atoms with Gasteiger partial charge >= 0.3 is 0 Å². The first-order valence-electron chi connectivity index (χ1n) is 9.02. The van der Waals surface area contributed by atoms with Gasteiger partial charge in [-0.1, -0.05) is 30.3 Å². The monoisotopic (exact) mass is 382 g/mol. The summed E-state index contributed by atoms with van der Waals surface area (Å²) in [4.78, 5) is 19.6. The van der Waals surface area contributed by atoms with E-state index in [9.17, 15) is 10.2 Å². The lowest BCUT2D eigenvalue weighted by molar-refractivity contribution is -0.0426. The molecule has 2 N–H and O–H groups in total. The van der Waals surface area contributed by atoms with Crippen LogP contribution in [-0.4, -0.2) is 73.9 Å². The summed E-state index contributed by atoms with van der Waals surface area (Å²) < 4.78 is 7.74. The Kier molecular flexibility index (Phi) is 5.03. The first kappa shape index (κ1) is 18.5. The third-order valence-corrected chi connectivity index (χ3v) is 4.57. The van der Waals surface area contributed by atoms with Gasteiger partial charge in [-0.25, -0.2) is 19.9 Å². The molecule has 1 saturated heterocycles. The molecule has 0 radical (unpaired) electrons. The van der Waals surface area contributed by atoms with Crippen LogP contribution >= 0.6 is 0 Å². The molecular formula is C19H22N6O3. The molecule has 1 aliphatic rings. The van der Waals surface area contributed by atoms with E-state index in [1.165, 1.54) is 6.33 Å². The van der Waals surface area contributed by atoms with Gasteiger partial charge in [0.15, 0.2) is 17.0 Å². The summed E-state index contributed by atoms with van der Waals surface area (Å²) in [5.74, 6) is 1.10. The number of rotatable bonds is 5. The van der Waals surface area contributed by atoms with Crippen molar-refractivity contribution in [3.63, 3.8) is 0 Å². The van der Waals surface area contributed by atoms with Crippen molar-refractivity contribution in [3.8, 4) is 11.4 Å². The Morgan fingerprint density at radius 2 is 2.07 bits per heavy atom. The van der Waals surface area contributed by atoms with Crippen molar-refractivity contribution in [2.24, 2.45) is 4.99 Å². The van der Waals surface area contributed by atoms with Crippen LogP contribution in [0.15, 0.2) is 41.7 Å². The van der Waals surface area contributed by atoms with Crippen molar-refractivity contribution < 1.29 is 14.9 Å². The second kappa shape index (κ2) is 7.63. The first-order valence-corrected chi connectivity index (χ1v) is 9.02. The molecule has 1 aromatic carbocycles. The zero-order chi connectivity index (χ0) is 19.7. The van der Waals surface area contributed by atoms with Gasteiger partial charge in [0.1, 0.15) is 24.5 Å². The smallest absolute Gasteiger partial charge is 0.185 e. The predicted molar refractivity (Wildman–Crippen MR) is 104 cm³/mol. The molecule has 3 atom stereocenters. The van der Waals surface area contributed by atoms with Gasteiger partial charge in [0.05, 0.1) is 19.0 Å². The molecule has 0 unspecified atom stereocenters. The number of nitrogens with zero attached hydrogens (tertiary/aromatic N) is 6. The Hall–Kier alpha value is -2.88. The van der Waals surface area contributed by atoms with E-state index in [2.05, 4.69) is 15.0 Å². The molecule has 1 fully saturated rings. The van der Waals surface area contributed by atoms with Crippen molar-refractivity contribution >= 4 is 23.3 Å². The third kappa shape index (κ3) is 3.35. The Balaban J connectivity index is 1.90. The standard InChI is InChI=1S/C19H22N6O3/c1-24(2)11-22-17-16-19(21-10-20-17)25(15-8-13(27)14(9-26)28-15)18(23-16)12-6-4-3-5-7-12/h3-7,10-11,13-15,26-27H,8-9H2,1-2H3/t13-,14+,15+/m0/s1. The van der Waals surface area contributed by atoms with Crippen LogP contribution in [0.3, 0.4) is 0 Å². The second-order valence-corrected chi connectivity index (χ2v) is 6.86. The summed E-state index contributed by atoms with van der Waals surface area (Å²) in [6, 6.07) is 9.68. The lowest BCUT2D eigenvalue weighted by Gasteiger charge is -2.16. The van der Waals surface area contributed by atoms with E-state index in [0.29, 0.717) is 29.2 Å². The van der Waals surface area contributed by atoms with Gasteiger partial charge in [-0.05, 0) is 0 Å².